The Kier molecular flexibility index (Phi) is 4.24. The van der Waals surface area contributed by atoms with E-state index in [4.69, 9.17) is 4.74 Å². The van der Waals surface area contributed by atoms with Gasteiger partial charge in [-0.1, -0.05) is 0 Å². The van der Waals surface area contributed by atoms with Crippen molar-refractivity contribution in [3.63, 3.8) is 0 Å². The number of carbonyl (C=O) groups is 1. The molecule has 22 heavy (non-hydrogen) atoms. The summed E-state index contributed by atoms with van der Waals surface area (Å²) in [6.45, 7) is 5.79. The van der Waals surface area contributed by atoms with E-state index >= 15 is 0 Å². The average molecular weight is 303 g/mol. The molecule has 3 rings (SSSR count). The minimum atomic E-state index is -0.164. The Balaban J connectivity index is 1.58. The fraction of sp³-hybridized carbons (Fsp3) is 0.533. The number of aryl methyl sites for hydroxylation is 2. The van der Waals surface area contributed by atoms with Crippen LogP contribution in [0.2, 0.25) is 0 Å². The van der Waals surface area contributed by atoms with Crippen LogP contribution in [0.15, 0.2) is 18.3 Å². The quantitative estimate of drug-likeness (QED) is 0.898. The molecule has 7 heteroatoms. The van der Waals surface area contributed by atoms with Crippen molar-refractivity contribution in [1.29, 1.82) is 0 Å². The van der Waals surface area contributed by atoms with Gasteiger partial charge in [0.15, 0.2) is 0 Å². The number of hydrogen-bond acceptors (Lipinski definition) is 4. The maximum atomic E-state index is 12.1. The Morgan fingerprint density at radius 2 is 2.32 bits per heavy atom. The third-order valence-electron chi connectivity index (χ3n) is 3.77. The Hall–Kier alpha value is -2.15. The number of ether oxygens (including phenoxy) is 1. The molecule has 2 aromatic heterocycles. The van der Waals surface area contributed by atoms with Gasteiger partial charge in [0.05, 0.1) is 11.8 Å². The van der Waals surface area contributed by atoms with Crippen molar-refractivity contribution in [2.45, 2.75) is 39.5 Å². The minimum absolute atomic E-state index is 0.140. The van der Waals surface area contributed by atoms with Gasteiger partial charge in [0.1, 0.15) is 12.4 Å². The van der Waals surface area contributed by atoms with Gasteiger partial charge < -0.3 is 10.1 Å². The first-order valence-electron chi connectivity index (χ1n) is 7.56. The molecule has 1 fully saturated rings. The zero-order valence-electron chi connectivity index (χ0n) is 13.0. The smallest absolute Gasteiger partial charge is 0.271 e. The molecule has 0 radical (unpaired) electrons. The van der Waals surface area contributed by atoms with Gasteiger partial charge in [0.25, 0.3) is 5.91 Å². The first-order chi connectivity index (χ1) is 10.6. The summed E-state index contributed by atoms with van der Waals surface area (Å²) < 4.78 is 9.05. The standard InChI is InChI=1S/C15H21N5O2/c1-11-8-12(2)20(17-11)10-19-6-5-14(18-19)15(21)16-9-13-4-3-7-22-13/h5-6,8,13H,3-4,7,9-10H2,1-2H3,(H,16,21)/t13-/m1/s1. The Morgan fingerprint density at radius 3 is 3.00 bits per heavy atom. The first-order valence-corrected chi connectivity index (χ1v) is 7.56. The number of nitrogens with zero attached hydrogens (tertiary/aromatic N) is 4. The normalized spacial score (nSPS) is 17.8. The molecule has 0 saturated carbocycles. The van der Waals surface area contributed by atoms with Crippen molar-refractivity contribution < 1.29 is 9.53 Å². The molecule has 118 valence electrons. The molecular weight excluding hydrogens is 282 g/mol. The first kappa shape index (κ1) is 14.8. The summed E-state index contributed by atoms with van der Waals surface area (Å²) >= 11 is 0. The topological polar surface area (TPSA) is 74.0 Å². The number of aromatic nitrogens is 4. The molecule has 7 nitrogen and oxygen atoms in total. The van der Waals surface area contributed by atoms with Gasteiger partial charge in [-0.2, -0.15) is 10.2 Å². The van der Waals surface area contributed by atoms with Crippen molar-refractivity contribution in [3.8, 4) is 0 Å². The lowest BCUT2D eigenvalue weighted by Gasteiger charge is -2.09. The van der Waals surface area contributed by atoms with E-state index in [1.54, 1.807) is 16.9 Å². The van der Waals surface area contributed by atoms with E-state index in [2.05, 4.69) is 15.5 Å². The molecule has 3 heterocycles. The average Bonchev–Trinajstić information content (AvgIpc) is 3.20. The predicted molar refractivity (Wildman–Crippen MR) is 80.6 cm³/mol. The van der Waals surface area contributed by atoms with Gasteiger partial charge in [0, 0.05) is 25.0 Å². The number of hydrogen-bond donors (Lipinski definition) is 1. The second kappa shape index (κ2) is 6.31. The molecule has 1 amide bonds. The second-order valence-corrected chi connectivity index (χ2v) is 5.65. The molecule has 0 aromatic carbocycles. The highest BCUT2D eigenvalue weighted by Gasteiger charge is 2.17. The Bertz CT molecular complexity index is 655. The van der Waals surface area contributed by atoms with Crippen LogP contribution in [0, 0.1) is 13.8 Å². The van der Waals surface area contributed by atoms with E-state index in [0.717, 1.165) is 30.8 Å². The van der Waals surface area contributed by atoms with E-state index in [0.29, 0.717) is 18.9 Å². The van der Waals surface area contributed by atoms with Crippen LogP contribution in [0.1, 0.15) is 34.7 Å². The van der Waals surface area contributed by atoms with Crippen LogP contribution >= 0.6 is 0 Å². The van der Waals surface area contributed by atoms with Crippen LogP contribution < -0.4 is 5.32 Å². The van der Waals surface area contributed by atoms with E-state index < -0.39 is 0 Å². The van der Waals surface area contributed by atoms with Gasteiger partial charge >= 0.3 is 0 Å². The molecule has 0 aliphatic carbocycles. The van der Waals surface area contributed by atoms with Gasteiger partial charge in [-0.25, -0.2) is 4.68 Å². The van der Waals surface area contributed by atoms with E-state index in [-0.39, 0.29) is 12.0 Å². The number of amides is 1. The summed E-state index contributed by atoms with van der Waals surface area (Å²) in [6, 6.07) is 3.73. The molecule has 1 aliphatic heterocycles. The number of rotatable bonds is 5. The minimum Gasteiger partial charge on any atom is -0.376 e. The lowest BCUT2D eigenvalue weighted by molar-refractivity contribution is 0.0853. The summed E-state index contributed by atoms with van der Waals surface area (Å²) in [7, 11) is 0. The van der Waals surface area contributed by atoms with Crippen LogP contribution in [-0.4, -0.2) is 44.7 Å². The zero-order chi connectivity index (χ0) is 15.5. The zero-order valence-corrected chi connectivity index (χ0v) is 13.0. The molecule has 2 aromatic rings. The maximum Gasteiger partial charge on any atom is 0.271 e. The number of carbonyl (C=O) groups excluding carboxylic acids is 1. The fourth-order valence-corrected chi connectivity index (χ4v) is 2.62. The Labute approximate surface area is 129 Å². The van der Waals surface area contributed by atoms with Crippen molar-refractivity contribution >= 4 is 5.91 Å². The molecule has 1 aliphatic rings. The summed E-state index contributed by atoms with van der Waals surface area (Å²) in [5.74, 6) is -0.164. The highest BCUT2D eigenvalue weighted by atomic mass is 16.5. The third-order valence-corrected chi connectivity index (χ3v) is 3.77. The lowest BCUT2D eigenvalue weighted by Crippen LogP contribution is -2.32. The summed E-state index contributed by atoms with van der Waals surface area (Å²) in [5.41, 5.74) is 2.45. The summed E-state index contributed by atoms with van der Waals surface area (Å²) in [4.78, 5) is 12.1. The molecule has 1 saturated heterocycles. The summed E-state index contributed by atoms with van der Waals surface area (Å²) in [5, 5.41) is 11.6. The van der Waals surface area contributed by atoms with Crippen LogP contribution in [0.5, 0.6) is 0 Å². The van der Waals surface area contributed by atoms with E-state index in [1.165, 1.54) is 0 Å². The van der Waals surface area contributed by atoms with E-state index in [1.807, 2.05) is 24.6 Å². The van der Waals surface area contributed by atoms with Crippen molar-refractivity contribution in [3.05, 3.63) is 35.4 Å². The van der Waals surface area contributed by atoms with Crippen LogP contribution in [0.3, 0.4) is 0 Å². The SMILES string of the molecule is Cc1cc(C)n(Cn2ccc(C(=O)NC[C@H]3CCCO3)n2)n1. The predicted octanol–water partition coefficient (Wildman–Crippen LogP) is 1.11. The second-order valence-electron chi connectivity index (χ2n) is 5.65. The van der Waals surface area contributed by atoms with Crippen LogP contribution in [0.25, 0.3) is 0 Å². The summed E-state index contributed by atoms with van der Waals surface area (Å²) in [6.07, 6.45) is 4.00. The molecule has 0 unspecified atom stereocenters. The molecule has 0 spiro atoms. The fourth-order valence-electron chi connectivity index (χ4n) is 2.62. The Morgan fingerprint density at radius 1 is 1.45 bits per heavy atom. The van der Waals surface area contributed by atoms with Gasteiger partial charge in [-0.15, -0.1) is 0 Å². The van der Waals surface area contributed by atoms with E-state index in [9.17, 15) is 4.79 Å². The number of nitrogens with one attached hydrogen (secondary N) is 1. The maximum absolute atomic E-state index is 12.1. The highest BCUT2D eigenvalue weighted by Crippen LogP contribution is 2.10. The third kappa shape index (κ3) is 3.36. The molecule has 0 bridgehead atoms. The van der Waals surface area contributed by atoms with Crippen LogP contribution in [0.4, 0.5) is 0 Å². The van der Waals surface area contributed by atoms with Gasteiger partial charge in [-0.05, 0) is 38.8 Å². The van der Waals surface area contributed by atoms with Crippen LogP contribution in [-0.2, 0) is 11.4 Å². The molecular formula is C15H21N5O2. The lowest BCUT2D eigenvalue weighted by atomic mass is 10.2. The largest absolute Gasteiger partial charge is 0.376 e. The van der Waals surface area contributed by atoms with Crippen molar-refractivity contribution in [2.24, 2.45) is 0 Å². The highest BCUT2D eigenvalue weighted by molar-refractivity contribution is 5.92. The van der Waals surface area contributed by atoms with Gasteiger partial charge in [0.2, 0.25) is 0 Å². The van der Waals surface area contributed by atoms with Crippen molar-refractivity contribution in [2.75, 3.05) is 13.2 Å². The van der Waals surface area contributed by atoms with Gasteiger partial charge in [-0.3, -0.25) is 9.48 Å². The molecule has 1 N–H and O–H groups in total. The monoisotopic (exact) mass is 303 g/mol. The molecule has 1 atom stereocenters. The van der Waals surface area contributed by atoms with Crippen molar-refractivity contribution in [1.82, 2.24) is 24.9 Å².